The van der Waals surface area contributed by atoms with Crippen LogP contribution in [0.3, 0.4) is 0 Å². The number of rotatable bonds is 12. The maximum Gasteiger partial charge on any atom is 0.320 e. The number of hydrogen-bond donors (Lipinski definition) is 0. The van der Waals surface area contributed by atoms with E-state index in [0.717, 1.165) is 50.6 Å². The Bertz CT molecular complexity index is 1060. The van der Waals surface area contributed by atoms with Crippen molar-refractivity contribution >= 4 is 23.7 Å². The number of piperazine rings is 1. The molecule has 0 aromatic heterocycles. The van der Waals surface area contributed by atoms with Crippen LogP contribution in [0.4, 0.5) is 0 Å². The highest BCUT2D eigenvalue weighted by atomic mass is 16.5. The van der Waals surface area contributed by atoms with Gasteiger partial charge in [-0.2, -0.15) is 0 Å². The summed E-state index contributed by atoms with van der Waals surface area (Å²) in [6.45, 7) is 6.72. The number of amides is 3. The van der Waals surface area contributed by atoms with Gasteiger partial charge in [0.05, 0.1) is 19.3 Å². The lowest BCUT2D eigenvalue weighted by Gasteiger charge is -2.52. The highest BCUT2D eigenvalue weighted by molar-refractivity contribution is 5.93. The van der Waals surface area contributed by atoms with E-state index in [2.05, 4.69) is 13.0 Å². The van der Waals surface area contributed by atoms with Gasteiger partial charge < -0.3 is 24.2 Å². The van der Waals surface area contributed by atoms with E-state index in [9.17, 15) is 19.2 Å². The standard InChI is InChI=1S/C34H53N3O6/c1-4-5-6-7-8-11-16-37-29-22-28(25-12-9-10-13-25)43-24(2)34(29,33(41)42-3)23-27(32(37)40)21-30(38)35-17-19-36(20-18-35)31(39)26-14-15-26/h22,24-28H,4-21,23H2,1-3H3/t24-,27+,28-,34+/m1/s1. The van der Waals surface area contributed by atoms with Crippen molar-refractivity contribution in [3.05, 3.63) is 11.8 Å². The Morgan fingerprint density at radius 2 is 1.60 bits per heavy atom. The number of hydrogen-bond acceptors (Lipinski definition) is 6. The van der Waals surface area contributed by atoms with Crippen LogP contribution in [-0.4, -0.2) is 90.4 Å². The van der Waals surface area contributed by atoms with Gasteiger partial charge in [0.2, 0.25) is 17.7 Å². The van der Waals surface area contributed by atoms with Crippen LogP contribution in [0, 0.1) is 23.2 Å². The first-order valence-corrected chi connectivity index (χ1v) is 17.1. The number of piperidine rings is 1. The van der Waals surface area contributed by atoms with Crippen LogP contribution in [0.5, 0.6) is 0 Å². The van der Waals surface area contributed by atoms with Crippen LogP contribution < -0.4 is 0 Å². The third-order valence-corrected chi connectivity index (χ3v) is 10.7. The van der Waals surface area contributed by atoms with Gasteiger partial charge in [-0.3, -0.25) is 19.2 Å². The molecule has 0 unspecified atom stereocenters. The maximum absolute atomic E-state index is 14.2. The first-order valence-electron chi connectivity index (χ1n) is 17.1. The van der Waals surface area contributed by atoms with E-state index in [0.29, 0.717) is 38.6 Å². The molecule has 0 bridgehead atoms. The molecule has 3 aliphatic heterocycles. The molecule has 4 atom stereocenters. The van der Waals surface area contributed by atoms with E-state index in [1.165, 1.54) is 39.2 Å². The fraction of sp³-hybridized carbons (Fsp3) is 0.824. The number of nitrogens with zero attached hydrogens (tertiary/aromatic N) is 3. The normalized spacial score (nSPS) is 29.8. The Morgan fingerprint density at radius 1 is 0.953 bits per heavy atom. The third-order valence-electron chi connectivity index (χ3n) is 10.7. The molecule has 240 valence electrons. The summed E-state index contributed by atoms with van der Waals surface area (Å²) in [5.41, 5.74) is -0.384. The topological polar surface area (TPSA) is 96.5 Å². The van der Waals surface area contributed by atoms with Crippen molar-refractivity contribution in [2.75, 3.05) is 39.8 Å². The Kier molecular flexibility index (Phi) is 10.5. The fourth-order valence-electron chi connectivity index (χ4n) is 7.93. The molecule has 2 aliphatic carbocycles. The van der Waals surface area contributed by atoms with Gasteiger partial charge in [-0.15, -0.1) is 0 Å². The number of unbranched alkanes of at least 4 members (excludes halogenated alkanes) is 5. The van der Waals surface area contributed by atoms with E-state index in [1.807, 2.05) is 16.7 Å². The van der Waals surface area contributed by atoms with Crippen LogP contribution in [0.25, 0.3) is 0 Å². The smallest absolute Gasteiger partial charge is 0.320 e. The molecule has 4 fully saturated rings. The lowest BCUT2D eigenvalue weighted by molar-refractivity contribution is -0.178. The van der Waals surface area contributed by atoms with Gasteiger partial charge in [-0.05, 0) is 57.4 Å². The predicted molar refractivity (Wildman–Crippen MR) is 163 cm³/mol. The van der Waals surface area contributed by atoms with E-state index < -0.39 is 17.4 Å². The number of carbonyl (C=O) groups excluding carboxylic acids is 4. The van der Waals surface area contributed by atoms with Crippen molar-refractivity contribution in [3.63, 3.8) is 0 Å². The molecular weight excluding hydrogens is 546 g/mol. The minimum Gasteiger partial charge on any atom is -0.468 e. The summed E-state index contributed by atoms with van der Waals surface area (Å²) in [7, 11) is 1.40. The largest absolute Gasteiger partial charge is 0.468 e. The number of esters is 1. The third kappa shape index (κ3) is 6.81. The Balaban J connectivity index is 1.35. The first-order chi connectivity index (χ1) is 20.8. The summed E-state index contributed by atoms with van der Waals surface area (Å²) >= 11 is 0. The molecule has 5 aliphatic rings. The summed E-state index contributed by atoms with van der Waals surface area (Å²) in [6.07, 6.45) is 14.8. The van der Waals surface area contributed by atoms with Crippen LogP contribution in [0.1, 0.15) is 104 Å². The monoisotopic (exact) mass is 599 g/mol. The number of fused-ring (bicyclic) bond motifs is 1. The van der Waals surface area contributed by atoms with Gasteiger partial charge in [0.25, 0.3) is 0 Å². The lowest BCUT2D eigenvalue weighted by atomic mass is 9.66. The average molecular weight is 600 g/mol. The molecule has 9 nitrogen and oxygen atoms in total. The predicted octanol–water partition coefficient (Wildman–Crippen LogP) is 4.69. The van der Waals surface area contributed by atoms with Crippen molar-refractivity contribution in [2.45, 2.75) is 116 Å². The quantitative estimate of drug-likeness (QED) is 0.239. The molecular formula is C34H53N3O6. The van der Waals surface area contributed by atoms with E-state index in [1.54, 1.807) is 4.90 Å². The number of carbonyl (C=O) groups is 4. The van der Waals surface area contributed by atoms with Gasteiger partial charge in [0.15, 0.2) is 0 Å². The molecule has 0 spiro atoms. The van der Waals surface area contributed by atoms with Gasteiger partial charge in [-0.1, -0.05) is 51.9 Å². The van der Waals surface area contributed by atoms with Crippen molar-refractivity contribution in [1.29, 1.82) is 0 Å². The SMILES string of the molecule is CCCCCCCCN1C(=O)[C@@H](CC(=O)N2CCN(C(=O)C3CC3)CC2)C[C@@]2(C(=O)OC)C1=C[C@H](C1CCCC1)O[C@@H]2C. The Morgan fingerprint density at radius 3 is 2.26 bits per heavy atom. The van der Waals surface area contributed by atoms with Gasteiger partial charge in [0.1, 0.15) is 5.41 Å². The van der Waals surface area contributed by atoms with Crippen molar-refractivity contribution in [3.8, 4) is 0 Å². The maximum atomic E-state index is 14.2. The number of ether oxygens (including phenoxy) is 2. The van der Waals surface area contributed by atoms with Gasteiger partial charge in [0, 0.05) is 56.7 Å². The zero-order valence-corrected chi connectivity index (χ0v) is 26.7. The van der Waals surface area contributed by atoms with E-state index in [-0.39, 0.29) is 48.6 Å². The van der Waals surface area contributed by atoms with Crippen molar-refractivity contribution < 1.29 is 28.7 Å². The average Bonchev–Trinajstić information content (AvgIpc) is 3.72. The number of methoxy groups -OCH3 is 1. The van der Waals surface area contributed by atoms with Gasteiger partial charge >= 0.3 is 5.97 Å². The molecule has 43 heavy (non-hydrogen) atoms. The van der Waals surface area contributed by atoms with E-state index >= 15 is 0 Å². The highest BCUT2D eigenvalue weighted by Crippen LogP contribution is 2.52. The summed E-state index contributed by atoms with van der Waals surface area (Å²) in [5, 5.41) is 0. The zero-order valence-electron chi connectivity index (χ0n) is 26.7. The first kappa shape index (κ1) is 32.0. The summed E-state index contributed by atoms with van der Waals surface area (Å²) < 4.78 is 12.0. The molecule has 0 aromatic rings. The van der Waals surface area contributed by atoms with Crippen molar-refractivity contribution in [2.24, 2.45) is 23.2 Å². The minimum absolute atomic E-state index is 0.0488. The molecule has 9 heteroatoms. The molecule has 0 N–H and O–H groups in total. The summed E-state index contributed by atoms with van der Waals surface area (Å²) in [4.78, 5) is 59.6. The summed E-state index contributed by atoms with van der Waals surface area (Å²) in [5.74, 6) is -0.399. The molecule has 2 saturated carbocycles. The lowest BCUT2D eigenvalue weighted by Crippen LogP contribution is -2.61. The van der Waals surface area contributed by atoms with Crippen LogP contribution in [-0.2, 0) is 28.7 Å². The second kappa shape index (κ2) is 14.1. The zero-order chi connectivity index (χ0) is 30.6. The van der Waals surface area contributed by atoms with Crippen LogP contribution in [0.2, 0.25) is 0 Å². The van der Waals surface area contributed by atoms with Gasteiger partial charge in [-0.25, -0.2) is 0 Å². The molecule has 3 amide bonds. The Hall–Kier alpha value is -2.42. The number of likely N-dealkylation sites (tertiary alicyclic amines) is 1. The van der Waals surface area contributed by atoms with E-state index in [4.69, 9.17) is 9.47 Å². The van der Waals surface area contributed by atoms with Crippen LogP contribution >= 0.6 is 0 Å². The molecule has 3 heterocycles. The molecule has 2 saturated heterocycles. The summed E-state index contributed by atoms with van der Waals surface area (Å²) in [6, 6.07) is 0. The molecule has 0 radical (unpaired) electrons. The molecule has 0 aromatic carbocycles. The fourth-order valence-corrected chi connectivity index (χ4v) is 7.93. The second-order valence-corrected chi connectivity index (χ2v) is 13.6. The van der Waals surface area contributed by atoms with Crippen LogP contribution in [0.15, 0.2) is 11.8 Å². The minimum atomic E-state index is -1.12. The molecule has 5 rings (SSSR count). The van der Waals surface area contributed by atoms with Crippen molar-refractivity contribution in [1.82, 2.24) is 14.7 Å². The Labute approximate surface area is 257 Å². The second-order valence-electron chi connectivity index (χ2n) is 13.6. The highest BCUT2D eigenvalue weighted by Gasteiger charge is 2.60.